The maximum absolute atomic E-state index is 13.1. The van der Waals surface area contributed by atoms with Gasteiger partial charge in [0.2, 0.25) is 5.50 Å². The lowest BCUT2D eigenvalue weighted by atomic mass is 10.2. The number of alkyl halides is 4. The topological polar surface area (TPSA) is 34.1 Å². The minimum atomic E-state index is -5.80. The Morgan fingerprint density at radius 3 is 1.93 bits per heavy atom. The van der Waals surface area contributed by atoms with Crippen LogP contribution in [-0.2, 0) is 9.84 Å². The van der Waals surface area contributed by atoms with E-state index in [1.165, 1.54) is 18.2 Å². The van der Waals surface area contributed by atoms with Crippen molar-refractivity contribution in [1.82, 2.24) is 0 Å². The molecule has 0 radical (unpaired) electrons. The van der Waals surface area contributed by atoms with Crippen molar-refractivity contribution in [1.29, 1.82) is 0 Å². The van der Waals surface area contributed by atoms with Crippen LogP contribution in [0.15, 0.2) is 30.3 Å². The van der Waals surface area contributed by atoms with E-state index in [9.17, 15) is 26.0 Å². The number of halogens is 4. The molecule has 0 aliphatic carbocycles. The quantitative estimate of drug-likeness (QED) is 0.747. The molecule has 0 amide bonds. The highest BCUT2D eigenvalue weighted by atomic mass is 32.2. The molecular formula is C8H6F4O2S. The first-order chi connectivity index (χ1) is 6.77. The molecule has 1 rings (SSSR count). The number of sulfone groups is 1. The first-order valence-electron chi connectivity index (χ1n) is 3.76. The lowest BCUT2D eigenvalue weighted by molar-refractivity contribution is -0.0459. The molecule has 0 spiro atoms. The van der Waals surface area contributed by atoms with Gasteiger partial charge in [0.25, 0.3) is 9.84 Å². The summed E-state index contributed by atoms with van der Waals surface area (Å²) in [6.45, 7) is 0. The van der Waals surface area contributed by atoms with E-state index >= 15 is 0 Å². The van der Waals surface area contributed by atoms with Crippen molar-refractivity contribution in [2.24, 2.45) is 0 Å². The molecule has 0 N–H and O–H groups in total. The van der Waals surface area contributed by atoms with Gasteiger partial charge in [-0.1, -0.05) is 30.3 Å². The van der Waals surface area contributed by atoms with Crippen LogP contribution in [0.4, 0.5) is 17.6 Å². The summed E-state index contributed by atoms with van der Waals surface area (Å²) < 4.78 is 70.2. The van der Waals surface area contributed by atoms with Gasteiger partial charge in [-0.3, -0.25) is 0 Å². The van der Waals surface area contributed by atoms with Crippen LogP contribution in [0.1, 0.15) is 11.1 Å². The van der Waals surface area contributed by atoms with Gasteiger partial charge < -0.3 is 0 Å². The Morgan fingerprint density at radius 2 is 1.53 bits per heavy atom. The van der Waals surface area contributed by atoms with E-state index in [2.05, 4.69) is 0 Å². The molecule has 1 aromatic carbocycles. The van der Waals surface area contributed by atoms with E-state index in [0.717, 1.165) is 12.1 Å². The van der Waals surface area contributed by atoms with Crippen LogP contribution in [0.5, 0.6) is 0 Å². The molecule has 0 aromatic heterocycles. The van der Waals surface area contributed by atoms with Gasteiger partial charge in [-0.2, -0.15) is 13.2 Å². The minimum absolute atomic E-state index is 0.533. The Balaban J connectivity index is 3.12. The van der Waals surface area contributed by atoms with Crippen LogP contribution < -0.4 is 0 Å². The summed E-state index contributed by atoms with van der Waals surface area (Å²) in [4.78, 5) is 0. The molecule has 0 saturated carbocycles. The molecule has 1 aromatic rings. The highest BCUT2D eigenvalue weighted by molar-refractivity contribution is 7.92. The summed E-state index contributed by atoms with van der Waals surface area (Å²) in [6, 6.07) is 5.92. The van der Waals surface area contributed by atoms with Crippen LogP contribution in [-0.4, -0.2) is 13.9 Å². The fraction of sp³-hybridized carbons (Fsp3) is 0.250. The average molecular weight is 242 g/mol. The monoisotopic (exact) mass is 242 g/mol. The molecule has 1 atom stereocenters. The highest BCUT2D eigenvalue weighted by Crippen LogP contribution is 2.36. The smallest absolute Gasteiger partial charge is 0.224 e. The first kappa shape index (κ1) is 12.0. The van der Waals surface area contributed by atoms with Crippen molar-refractivity contribution >= 4 is 9.84 Å². The first-order valence-corrected chi connectivity index (χ1v) is 5.30. The average Bonchev–Trinajstić information content (AvgIpc) is 2.16. The van der Waals surface area contributed by atoms with Gasteiger partial charge in [-0.05, 0) is 0 Å². The third-order valence-corrected chi connectivity index (χ3v) is 3.12. The van der Waals surface area contributed by atoms with Gasteiger partial charge >= 0.3 is 5.51 Å². The third kappa shape index (κ3) is 2.28. The Kier molecular flexibility index (Phi) is 3.03. The summed E-state index contributed by atoms with van der Waals surface area (Å²) in [7, 11) is -5.80. The summed E-state index contributed by atoms with van der Waals surface area (Å²) in [5, 5.41) is 0. The van der Waals surface area contributed by atoms with Crippen LogP contribution in [0.3, 0.4) is 0 Å². The second kappa shape index (κ2) is 3.80. The second-order valence-electron chi connectivity index (χ2n) is 2.72. The molecule has 0 saturated heterocycles. The SMILES string of the molecule is O=S(=O)([C@@H](F)c1ccccc1)C(F)(F)F. The zero-order valence-corrected chi connectivity index (χ0v) is 8.02. The molecular weight excluding hydrogens is 236 g/mol. The van der Waals surface area contributed by atoms with Gasteiger partial charge in [0.1, 0.15) is 0 Å². The van der Waals surface area contributed by atoms with Crippen LogP contribution >= 0.6 is 0 Å². The van der Waals surface area contributed by atoms with Crippen LogP contribution in [0.2, 0.25) is 0 Å². The van der Waals surface area contributed by atoms with Crippen molar-refractivity contribution in [3.05, 3.63) is 35.9 Å². The predicted octanol–water partition coefficient (Wildman–Crippen LogP) is 2.59. The Morgan fingerprint density at radius 1 is 1.07 bits per heavy atom. The molecule has 0 unspecified atom stereocenters. The number of rotatable bonds is 2. The Bertz CT molecular complexity index is 424. The Labute approximate surface area is 83.4 Å². The molecule has 7 heteroatoms. The fourth-order valence-corrected chi connectivity index (χ4v) is 1.65. The summed E-state index contributed by atoms with van der Waals surface area (Å²) in [5.41, 5.74) is -9.18. The number of hydrogen-bond donors (Lipinski definition) is 0. The largest absolute Gasteiger partial charge is 0.500 e. The molecule has 2 nitrogen and oxygen atoms in total. The predicted molar refractivity (Wildman–Crippen MR) is 45.3 cm³/mol. The standard InChI is InChI=1S/C8H6F4O2S/c9-7(6-4-2-1-3-5-6)15(13,14)8(10,11)12/h1-5,7H/t7-/m1/s1. The molecule has 0 heterocycles. The van der Waals surface area contributed by atoms with E-state index < -0.39 is 26.4 Å². The van der Waals surface area contributed by atoms with E-state index in [0.29, 0.717) is 0 Å². The molecule has 0 aliphatic heterocycles. The normalized spacial score (nSPS) is 14.9. The number of hydrogen-bond acceptors (Lipinski definition) is 2. The van der Waals surface area contributed by atoms with Crippen molar-refractivity contribution in [2.75, 3.05) is 0 Å². The van der Waals surface area contributed by atoms with Crippen LogP contribution in [0.25, 0.3) is 0 Å². The summed E-state index contributed by atoms with van der Waals surface area (Å²) in [6.07, 6.45) is 0. The lowest BCUT2D eigenvalue weighted by Crippen LogP contribution is -2.27. The minimum Gasteiger partial charge on any atom is -0.224 e. The Hall–Kier alpha value is -1.11. The van der Waals surface area contributed by atoms with Crippen molar-refractivity contribution < 1.29 is 26.0 Å². The van der Waals surface area contributed by atoms with E-state index in [4.69, 9.17) is 0 Å². The van der Waals surface area contributed by atoms with Gasteiger partial charge in [0, 0.05) is 5.56 Å². The highest BCUT2D eigenvalue weighted by Gasteiger charge is 2.51. The van der Waals surface area contributed by atoms with Gasteiger partial charge in [-0.25, -0.2) is 12.8 Å². The number of benzene rings is 1. The van der Waals surface area contributed by atoms with E-state index in [1.54, 1.807) is 0 Å². The van der Waals surface area contributed by atoms with E-state index in [1.807, 2.05) is 0 Å². The van der Waals surface area contributed by atoms with E-state index in [-0.39, 0.29) is 0 Å². The molecule has 0 bridgehead atoms. The molecule has 84 valence electrons. The zero-order chi connectivity index (χ0) is 11.7. The van der Waals surface area contributed by atoms with Crippen molar-refractivity contribution in [3.63, 3.8) is 0 Å². The van der Waals surface area contributed by atoms with Crippen molar-refractivity contribution in [2.45, 2.75) is 11.0 Å². The summed E-state index contributed by atoms with van der Waals surface area (Å²) >= 11 is 0. The molecule has 0 aliphatic rings. The van der Waals surface area contributed by atoms with Gasteiger partial charge in [0.05, 0.1) is 0 Å². The van der Waals surface area contributed by atoms with Gasteiger partial charge in [0.15, 0.2) is 0 Å². The third-order valence-electron chi connectivity index (χ3n) is 1.66. The molecule has 15 heavy (non-hydrogen) atoms. The van der Waals surface area contributed by atoms with Crippen molar-refractivity contribution in [3.8, 4) is 0 Å². The molecule has 0 fully saturated rings. The maximum Gasteiger partial charge on any atom is 0.500 e. The summed E-state index contributed by atoms with van der Waals surface area (Å²) in [5.74, 6) is 0. The van der Waals surface area contributed by atoms with Crippen LogP contribution in [0, 0.1) is 0 Å². The zero-order valence-electron chi connectivity index (χ0n) is 7.20. The maximum atomic E-state index is 13.1. The lowest BCUT2D eigenvalue weighted by Gasteiger charge is -2.12. The van der Waals surface area contributed by atoms with Gasteiger partial charge in [-0.15, -0.1) is 0 Å². The fourth-order valence-electron chi connectivity index (χ4n) is 0.901. The second-order valence-corrected chi connectivity index (χ2v) is 4.68.